The standard InChI is InChI=1S/C24H24N2O4/c1-2-18-10-6-7-11-21(18)26-23(27)16-29-22-14-19(12-13-20(22)25)24(28)30-15-17-8-4-3-5-9-17/h3-14H,2,15-16,25H2,1H3,(H,26,27). The summed E-state index contributed by atoms with van der Waals surface area (Å²) in [4.78, 5) is 24.6. The number of nitrogen functional groups attached to an aromatic ring is 1. The van der Waals surface area contributed by atoms with E-state index >= 15 is 0 Å². The van der Waals surface area contributed by atoms with Gasteiger partial charge in [0, 0.05) is 5.69 Å². The number of benzene rings is 3. The predicted molar refractivity (Wildman–Crippen MR) is 116 cm³/mol. The fourth-order valence-electron chi connectivity index (χ4n) is 2.87. The van der Waals surface area contributed by atoms with Crippen molar-refractivity contribution in [2.24, 2.45) is 0 Å². The van der Waals surface area contributed by atoms with E-state index in [1.807, 2.05) is 61.5 Å². The number of hydrogen-bond donors (Lipinski definition) is 2. The lowest BCUT2D eigenvalue weighted by Crippen LogP contribution is -2.21. The normalized spacial score (nSPS) is 10.3. The van der Waals surface area contributed by atoms with Crippen LogP contribution in [0.25, 0.3) is 0 Å². The molecule has 3 aromatic rings. The molecule has 0 aliphatic carbocycles. The van der Waals surface area contributed by atoms with Crippen molar-refractivity contribution in [1.29, 1.82) is 0 Å². The van der Waals surface area contributed by atoms with Gasteiger partial charge in [0.25, 0.3) is 5.91 Å². The summed E-state index contributed by atoms with van der Waals surface area (Å²) in [7, 11) is 0. The first kappa shape index (κ1) is 20.9. The van der Waals surface area contributed by atoms with Crippen LogP contribution in [0.2, 0.25) is 0 Å². The average Bonchev–Trinajstić information content (AvgIpc) is 2.78. The minimum absolute atomic E-state index is 0.166. The zero-order chi connectivity index (χ0) is 21.3. The molecule has 0 atom stereocenters. The maximum absolute atomic E-state index is 12.3. The van der Waals surface area contributed by atoms with Crippen LogP contribution in [0.15, 0.2) is 72.8 Å². The van der Waals surface area contributed by atoms with Gasteiger partial charge < -0.3 is 20.5 Å². The molecule has 0 unspecified atom stereocenters. The van der Waals surface area contributed by atoms with Crippen molar-refractivity contribution in [2.75, 3.05) is 17.7 Å². The number of anilines is 2. The topological polar surface area (TPSA) is 90.6 Å². The second-order valence-electron chi connectivity index (χ2n) is 6.66. The van der Waals surface area contributed by atoms with E-state index in [0.29, 0.717) is 11.3 Å². The molecule has 154 valence electrons. The fourth-order valence-corrected chi connectivity index (χ4v) is 2.87. The second-order valence-corrected chi connectivity index (χ2v) is 6.66. The Balaban J connectivity index is 1.59. The molecule has 0 saturated heterocycles. The first-order valence-corrected chi connectivity index (χ1v) is 9.68. The lowest BCUT2D eigenvalue weighted by molar-refractivity contribution is -0.118. The Morgan fingerprint density at radius 3 is 2.47 bits per heavy atom. The van der Waals surface area contributed by atoms with Crippen LogP contribution in [0, 0.1) is 0 Å². The van der Waals surface area contributed by atoms with Crippen LogP contribution in [0.5, 0.6) is 5.75 Å². The minimum Gasteiger partial charge on any atom is -0.482 e. The van der Waals surface area contributed by atoms with E-state index in [1.165, 1.54) is 6.07 Å². The first-order valence-electron chi connectivity index (χ1n) is 9.68. The van der Waals surface area contributed by atoms with Crippen molar-refractivity contribution < 1.29 is 19.1 Å². The number of esters is 1. The minimum atomic E-state index is -0.495. The molecule has 0 spiro atoms. The van der Waals surface area contributed by atoms with Crippen molar-refractivity contribution in [3.63, 3.8) is 0 Å². The van der Waals surface area contributed by atoms with Gasteiger partial charge in [-0.25, -0.2) is 4.79 Å². The highest BCUT2D eigenvalue weighted by molar-refractivity contribution is 5.93. The van der Waals surface area contributed by atoms with Crippen LogP contribution < -0.4 is 15.8 Å². The molecule has 30 heavy (non-hydrogen) atoms. The Morgan fingerprint density at radius 2 is 1.70 bits per heavy atom. The third-order valence-corrected chi connectivity index (χ3v) is 4.49. The number of hydrogen-bond acceptors (Lipinski definition) is 5. The molecular formula is C24H24N2O4. The van der Waals surface area contributed by atoms with Crippen molar-refractivity contribution >= 4 is 23.3 Å². The zero-order valence-corrected chi connectivity index (χ0v) is 16.8. The molecule has 3 rings (SSSR count). The summed E-state index contributed by atoms with van der Waals surface area (Å²) in [6.07, 6.45) is 0.803. The second kappa shape index (κ2) is 10.1. The molecule has 1 amide bonds. The zero-order valence-electron chi connectivity index (χ0n) is 16.8. The van der Waals surface area contributed by atoms with Gasteiger partial charge >= 0.3 is 5.97 Å². The number of carbonyl (C=O) groups is 2. The maximum atomic E-state index is 12.3. The lowest BCUT2D eigenvalue weighted by atomic mass is 10.1. The Hall–Kier alpha value is -3.80. The summed E-state index contributed by atoms with van der Waals surface area (Å²) < 4.78 is 10.9. The lowest BCUT2D eigenvalue weighted by Gasteiger charge is -2.12. The molecule has 6 nitrogen and oxygen atoms in total. The van der Waals surface area contributed by atoms with Gasteiger partial charge in [-0.15, -0.1) is 0 Å². The van der Waals surface area contributed by atoms with E-state index in [0.717, 1.165) is 23.2 Å². The number of aryl methyl sites for hydroxylation is 1. The Bertz CT molecular complexity index is 1020. The highest BCUT2D eigenvalue weighted by Gasteiger charge is 2.13. The number of rotatable bonds is 8. The summed E-state index contributed by atoms with van der Waals surface area (Å²) in [5, 5.41) is 2.83. The molecule has 0 aliphatic heterocycles. The highest BCUT2D eigenvalue weighted by atomic mass is 16.5. The molecule has 0 saturated carbocycles. The first-order chi connectivity index (χ1) is 14.6. The van der Waals surface area contributed by atoms with E-state index in [1.54, 1.807) is 12.1 Å². The average molecular weight is 404 g/mol. The molecule has 6 heteroatoms. The SMILES string of the molecule is CCc1ccccc1NC(=O)COc1cc(C(=O)OCc2ccccc2)ccc1N. The van der Waals surface area contributed by atoms with E-state index < -0.39 is 5.97 Å². The van der Waals surface area contributed by atoms with Crippen LogP contribution >= 0.6 is 0 Å². The Morgan fingerprint density at radius 1 is 0.967 bits per heavy atom. The van der Waals surface area contributed by atoms with Crippen molar-refractivity contribution in [2.45, 2.75) is 20.0 Å². The number of ether oxygens (including phenoxy) is 2. The summed E-state index contributed by atoms with van der Waals surface area (Å²) in [5.74, 6) is -0.555. The predicted octanol–water partition coefficient (Wildman–Crippen LogP) is 4.21. The Labute approximate surface area is 175 Å². The van der Waals surface area contributed by atoms with Crippen molar-refractivity contribution in [3.05, 3.63) is 89.5 Å². The van der Waals surface area contributed by atoms with Crippen LogP contribution in [0.1, 0.15) is 28.4 Å². The molecule has 0 radical (unpaired) electrons. The van der Waals surface area contributed by atoms with Gasteiger partial charge in [0.05, 0.1) is 11.3 Å². The van der Waals surface area contributed by atoms with Crippen LogP contribution in [0.4, 0.5) is 11.4 Å². The number of para-hydroxylation sites is 1. The fraction of sp³-hybridized carbons (Fsp3) is 0.167. The van der Waals surface area contributed by atoms with Gasteiger partial charge in [-0.2, -0.15) is 0 Å². The molecule has 0 fully saturated rings. The van der Waals surface area contributed by atoms with Crippen molar-refractivity contribution in [3.8, 4) is 5.75 Å². The summed E-state index contributed by atoms with van der Waals surface area (Å²) >= 11 is 0. The van der Waals surface area contributed by atoms with E-state index in [4.69, 9.17) is 15.2 Å². The number of nitrogens with one attached hydrogen (secondary N) is 1. The quantitative estimate of drug-likeness (QED) is 0.434. The van der Waals surface area contributed by atoms with Gasteiger partial charge in [0.1, 0.15) is 12.4 Å². The van der Waals surface area contributed by atoms with Crippen molar-refractivity contribution in [1.82, 2.24) is 0 Å². The van der Waals surface area contributed by atoms with Gasteiger partial charge in [0.2, 0.25) is 0 Å². The third kappa shape index (κ3) is 5.61. The number of nitrogens with two attached hydrogens (primary N) is 1. The summed E-state index contributed by atoms with van der Waals surface area (Å²) in [6, 6.07) is 21.6. The Kier molecular flexibility index (Phi) is 7.05. The van der Waals surface area contributed by atoms with Crippen LogP contribution in [0.3, 0.4) is 0 Å². The van der Waals surface area contributed by atoms with Gasteiger partial charge in [-0.05, 0) is 41.8 Å². The van der Waals surface area contributed by atoms with Crippen LogP contribution in [-0.4, -0.2) is 18.5 Å². The molecular weight excluding hydrogens is 380 g/mol. The molecule has 0 bridgehead atoms. The van der Waals surface area contributed by atoms with E-state index in [9.17, 15) is 9.59 Å². The monoisotopic (exact) mass is 404 g/mol. The summed E-state index contributed by atoms with van der Waals surface area (Å²) in [6.45, 7) is 1.95. The van der Waals surface area contributed by atoms with E-state index in [-0.39, 0.29) is 24.9 Å². The molecule has 0 aliphatic rings. The highest BCUT2D eigenvalue weighted by Crippen LogP contribution is 2.24. The smallest absolute Gasteiger partial charge is 0.338 e. The molecule has 0 aromatic heterocycles. The molecule has 3 aromatic carbocycles. The number of amides is 1. The largest absolute Gasteiger partial charge is 0.482 e. The summed E-state index contributed by atoms with van der Waals surface area (Å²) in [5.41, 5.74) is 9.23. The maximum Gasteiger partial charge on any atom is 0.338 e. The molecule has 3 N–H and O–H groups in total. The van der Waals surface area contributed by atoms with E-state index in [2.05, 4.69) is 5.32 Å². The van der Waals surface area contributed by atoms with Gasteiger partial charge in [0.15, 0.2) is 6.61 Å². The number of carbonyl (C=O) groups excluding carboxylic acids is 2. The van der Waals surface area contributed by atoms with Gasteiger partial charge in [-0.1, -0.05) is 55.5 Å². The van der Waals surface area contributed by atoms with Gasteiger partial charge in [-0.3, -0.25) is 4.79 Å². The van der Waals surface area contributed by atoms with Crippen LogP contribution in [-0.2, 0) is 22.6 Å². The third-order valence-electron chi connectivity index (χ3n) is 4.49. The molecule has 0 heterocycles.